The van der Waals surface area contributed by atoms with Crippen LogP contribution in [0.25, 0.3) is 5.57 Å². The minimum atomic E-state index is -0.0816. The Bertz CT molecular complexity index is 576. The summed E-state index contributed by atoms with van der Waals surface area (Å²) in [7, 11) is 0. The van der Waals surface area contributed by atoms with Gasteiger partial charge < -0.3 is 10.1 Å². The van der Waals surface area contributed by atoms with Crippen molar-refractivity contribution in [3.8, 4) is 0 Å². The maximum Gasteiger partial charge on any atom is 0.305 e. The van der Waals surface area contributed by atoms with Crippen molar-refractivity contribution in [3.63, 3.8) is 0 Å². The lowest BCUT2D eigenvalue weighted by Crippen LogP contribution is -2.39. The van der Waals surface area contributed by atoms with Crippen LogP contribution in [0.5, 0.6) is 0 Å². The molecule has 1 aliphatic heterocycles. The molecule has 0 bridgehead atoms. The lowest BCUT2D eigenvalue weighted by molar-refractivity contribution is -0.143. The first-order valence-corrected chi connectivity index (χ1v) is 7.88. The van der Waals surface area contributed by atoms with Crippen LogP contribution in [0.4, 0.5) is 0 Å². The van der Waals surface area contributed by atoms with Gasteiger partial charge in [-0.05, 0) is 43.4 Å². The van der Waals surface area contributed by atoms with Gasteiger partial charge in [-0.2, -0.15) is 0 Å². The number of fused-ring (bicyclic) bond motifs is 3. The van der Waals surface area contributed by atoms with Crippen molar-refractivity contribution < 1.29 is 9.53 Å². The van der Waals surface area contributed by atoms with Crippen LogP contribution in [0.3, 0.4) is 0 Å². The monoisotopic (exact) mass is 285 g/mol. The first kappa shape index (κ1) is 14.3. The summed E-state index contributed by atoms with van der Waals surface area (Å²) in [5, 5.41) is 3.61. The van der Waals surface area contributed by atoms with Crippen molar-refractivity contribution in [1.29, 1.82) is 0 Å². The van der Waals surface area contributed by atoms with Crippen molar-refractivity contribution in [1.82, 2.24) is 5.32 Å². The Morgan fingerprint density at radius 3 is 3.00 bits per heavy atom. The number of benzene rings is 1. The Hall–Kier alpha value is -1.61. The summed E-state index contributed by atoms with van der Waals surface area (Å²) in [6, 6.07) is 9.11. The van der Waals surface area contributed by atoms with Gasteiger partial charge in [0.15, 0.2) is 0 Å². The van der Waals surface area contributed by atoms with E-state index in [0.717, 1.165) is 19.4 Å². The largest absolute Gasteiger partial charge is 0.466 e. The molecule has 1 aliphatic carbocycles. The topological polar surface area (TPSA) is 38.3 Å². The highest BCUT2D eigenvalue weighted by molar-refractivity contribution is 5.77. The number of rotatable bonds is 4. The number of hydrogen-bond acceptors (Lipinski definition) is 3. The summed E-state index contributed by atoms with van der Waals surface area (Å²) < 4.78 is 5.01. The van der Waals surface area contributed by atoms with E-state index in [-0.39, 0.29) is 5.97 Å². The highest BCUT2D eigenvalue weighted by Crippen LogP contribution is 2.45. The van der Waals surface area contributed by atoms with Crippen LogP contribution in [-0.2, 0) is 9.53 Å². The lowest BCUT2D eigenvalue weighted by atomic mass is 9.86. The third-order valence-electron chi connectivity index (χ3n) is 4.72. The van der Waals surface area contributed by atoms with E-state index in [4.69, 9.17) is 4.74 Å². The SMILES string of the molecule is CCOC(=O)CCC1CC2=C(C)c3ccccc3C2CN1. The van der Waals surface area contributed by atoms with Gasteiger partial charge in [0.2, 0.25) is 0 Å². The van der Waals surface area contributed by atoms with E-state index in [1.807, 2.05) is 6.92 Å². The number of esters is 1. The Balaban J connectivity index is 1.67. The molecule has 3 nitrogen and oxygen atoms in total. The first-order valence-electron chi connectivity index (χ1n) is 7.88. The second-order valence-corrected chi connectivity index (χ2v) is 5.94. The van der Waals surface area contributed by atoms with E-state index < -0.39 is 0 Å². The summed E-state index contributed by atoms with van der Waals surface area (Å²) in [5.74, 6) is 0.446. The van der Waals surface area contributed by atoms with Crippen LogP contribution < -0.4 is 5.32 Å². The van der Waals surface area contributed by atoms with Gasteiger partial charge in [-0.1, -0.05) is 29.8 Å². The predicted molar refractivity (Wildman–Crippen MR) is 84.1 cm³/mol. The van der Waals surface area contributed by atoms with Crippen LogP contribution in [0.1, 0.15) is 50.2 Å². The normalized spacial score (nSPS) is 23.7. The minimum absolute atomic E-state index is 0.0816. The van der Waals surface area contributed by atoms with Crippen molar-refractivity contribution >= 4 is 11.5 Å². The molecule has 1 fully saturated rings. The predicted octanol–water partition coefficient (Wildman–Crippen LogP) is 3.26. The Labute approximate surface area is 126 Å². The summed E-state index contributed by atoms with van der Waals surface area (Å²) in [4.78, 5) is 11.5. The van der Waals surface area contributed by atoms with Crippen molar-refractivity contribution in [2.45, 2.75) is 45.1 Å². The van der Waals surface area contributed by atoms with Crippen LogP contribution >= 0.6 is 0 Å². The average Bonchev–Trinajstić information content (AvgIpc) is 2.79. The van der Waals surface area contributed by atoms with E-state index in [2.05, 4.69) is 36.5 Å². The van der Waals surface area contributed by atoms with Crippen molar-refractivity contribution in [2.75, 3.05) is 13.2 Å². The second kappa shape index (κ2) is 6.02. The standard InChI is InChI=1S/C18H23NO2/c1-3-21-18(20)9-8-13-10-16-12(2)14-6-4-5-7-15(14)17(16)11-19-13/h4-7,13,17,19H,3,8-11H2,1-2H3. The van der Waals surface area contributed by atoms with Gasteiger partial charge in [-0.15, -0.1) is 0 Å². The van der Waals surface area contributed by atoms with E-state index in [0.29, 0.717) is 25.0 Å². The third-order valence-corrected chi connectivity index (χ3v) is 4.72. The molecule has 0 aromatic heterocycles. The highest BCUT2D eigenvalue weighted by Gasteiger charge is 2.33. The zero-order valence-corrected chi connectivity index (χ0v) is 12.8. The lowest BCUT2D eigenvalue weighted by Gasteiger charge is -2.30. The van der Waals surface area contributed by atoms with Crippen LogP contribution in [0.2, 0.25) is 0 Å². The second-order valence-electron chi connectivity index (χ2n) is 5.94. The Morgan fingerprint density at radius 2 is 2.19 bits per heavy atom. The molecule has 1 aromatic rings. The molecule has 3 heteroatoms. The number of nitrogens with one attached hydrogen (secondary N) is 1. The molecule has 1 N–H and O–H groups in total. The maximum absolute atomic E-state index is 11.5. The number of piperidine rings is 1. The summed E-state index contributed by atoms with van der Waals surface area (Å²) >= 11 is 0. The highest BCUT2D eigenvalue weighted by atomic mass is 16.5. The smallest absolute Gasteiger partial charge is 0.305 e. The number of ether oxygens (including phenoxy) is 1. The van der Waals surface area contributed by atoms with Crippen LogP contribution in [0.15, 0.2) is 29.8 Å². The quantitative estimate of drug-likeness (QED) is 0.863. The molecular weight excluding hydrogens is 262 g/mol. The number of carbonyl (C=O) groups excluding carboxylic acids is 1. The van der Waals surface area contributed by atoms with Gasteiger partial charge >= 0.3 is 5.97 Å². The van der Waals surface area contributed by atoms with Gasteiger partial charge in [0.25, 0.3) is 0 Å². The molecule has 2 aliphatic rings. The van der Waals surface area contributed by atoms with Gasteiger partial charge in [0.1, 0.15) is 0 Å². The van der Waals surface area contributed by atoms with E-state index in [9.17, 15) is 4.79 Å². The molecule has 2 atom stereocenters. The van der Waals surface area contributed by atoms with Gasteiger partial charge in [-0.3, -0.25) is 4.79 Å². The van der Waals surface area contributed by atoms with Crippen LogP contribution in [-0.4, -0.2) is 25.2 Å². The van der Waals surface area contributed by atoms with Gasteiger partial charge in [0.05, 0.1) is 6.61 Å². The fourth-order valence-corrected chi connectivity index (χ4v) is 3.64. The summed E-state index contributed by atoms with van der Waals surface area (Å²) in [6.45, 7) is 5.54. The molecular formula is C18H23NO2. The Kier molecular flexibility index (Phi) is 4.11. The van der Waals surface area contributed by atoms with E-state index in [1.165, 1.54) is 16.7 Å². The number of carbonyl (C=O) groups is 1. The molecule has 2 unspecified atom stereocenters. The zero-order chi connectivity index (χ0) is 14.8. The molecule has 0 amide bonds. The number of hydrogen-bond donors (Lipinski definition) is 1. The molecule has 1 aromatic carbocycles. The number of allylic oxidation sites excluding steroid dienone is 1. The fourth-order valence-electron chi connectivity index (χ4n) is 3.64. The molecule has 1 saturated heterocycles. The summed E-state index contributed by atoms with van der Waals surface area (Å²) in [5.41, 5.74) is 5.87. The maximum atomic E-state index is 11.5. The first-order chi connectivity index (χ1) is 10.2. The van der Waals surface area contributed by atoms with E-state index >= 15 is 0 Å². The zero-order valence-electron chi connectivity index (χ0n) is 12.8. The molecule has 21 heavy (non-hydrogen) atoms. The van der Waals surface area contributed by atoms with Crippen molar-refractivity contribution in [3.05, 3.63) is 41.0 Å². The molecule has 0 radical (unpaired) electrons. The molecule has 112 valence electrons. The average molecular weight is 285 g/mol. The third kappa shape index (κ3) is 2.75. The minimum Gasteiger partial charge on any atom is -0.466 e. The fraction of sp³-hybridized carbons (Fsp3) is 0.500. The molecule has 1 heterocycles. The van der Waals surface area contributed by atoms with E-state index in [1.54, 1.807) is 5.57 Å². The molecule has 3 rings (SSSR count). The summed E-state index contributed by atoms with van der Waals surface area (Å²) in [6.07, 6.45) is 2.42. The van der Waals surface area contributed by atoms with Crippen LogP contribution in [0, 0.1) is 0 Å². The van der Waals surface area contributed by atoms with Crippen molar-refractivity contribution in [2.24, 2.45) is 0 Å². The van der Waals surface area contributed by atoms with Gasteiger partial charge in [-0.25, -0.2) is 0 Å². The molecule has 0 spiro atoms. The van der Waals surface area contributed by atoms with Gasteiger partial charge in [0, 0.05) is 24.9 Å². The Morgan fingerprint density at radius 1 is 1.38 bits per heavy atom. The molecule has 0 saturated carbocycles.